The highest BCUT2D eigenvalue weighted by molar-refractivity contribution is 6.17. The smallest absolute Gasteiger partial charge is 0.276 e. The van der Waals surface area contributed by atoms with E-state index >= 15 is 0 Å². The van der Waals surface area contributed by atoms with E-state index in [2.05, 4.69) is 15.6 Å². The third kappa shape index (κ3) is 4.21. The number of aliphatic imine (C=N–C) groups is 1. The molecular formula is C26H21FN4O2. The summed E-state index contributed by atoms with van der Waals surface area (Å²) in [7, 11) is 1.61. The minimum absolute atomic E-state index is 0.246. The molecule has 1 amide bonds. The molecule has 1 aliphatic heterocycles. The first-order valence-corrected chi connectivity index (χ1v) is 10.4. The number of rotatable bonds is 5. The summed E-state index contributed by atoms with van der Waals surface area (Å²) in [6.45, 7) is 0.385. The lowest BCUT2D eigenvalue weighted by molar-refractivity contribution is -0.115. The first kappa shape index (κ1) is 20.5. The van der Waals surface area contributed by atoms with E-state index in [9.17, 15) is 9.18 Å². The number of carbonyl (C=O) groups is 1. The summed E-state index contributed by atoms with van der Waals surface area (Å²) < 4.78 is 21.4. The van der Waals surface area contributed by atoms with Crippen LogP contribution in [-0.2, 0) is 11.3 Å². The second kappa shape index (κ2) is 8.63. The van der Waals surface area contributed by atoms with Gasteiger partial charge in [-0.3, -0.25) is 10.1 Å². The highest BCUT2D eigenvalue weighted by Gasteiger charge is 2.21. The number of ether oxygens (including phenoxy) is 1. The minimum atomic E-state index is -0.294. The van der Waals surface area contributed by atoms with Crippen LogP contribution in [0.25, 0.3) is 17.0 Å². The maximum atomic E-state index is 14.2. The molecule has 3 aromatic carbocycles. The fourth-order valence-electron chi connectivity index (χ4n) is 3.82. The third-order valence-electron chi connectivity index (χ3n) is 5.46. The molecular weight excluding hydrogens is 419 g/mol. The lowest BCUT2D eigenvalue weighted by atomic mass is 10.1. The Morgan fingerprint density at radius 3 is 2.61 bits per heavy atom. The number of hydrogen-bond donors (Lipinski definition) is 2. The summed E-state index contributed by atoms with van der Waals surface area (Å²) in [5.74, 6) is 0.554. The van der Waals surface area contributed by atoms with Crippen molar-refractivity contribution in [2.24, 2.45) is 4.99 Å². The third-order valence-corrected chi connectivity index (χ3v) is 5.46. The van der Waals surface area contributed by atoms with E-state index in [0.717, 1.165) is 27.9 Å². The van der Waals surface area contributed by atoms with E-state index in [1.807, 2.05) is 65.4 Å². The predicted octanol–water partition coefficient (Wildman–Crippen LogP) is 4.78. The fourth-order valence-corrected chi connectivity index (χ4v) is 3.82. The molecule has 6 nitrogen and oxygen atoms in total. The highest BCUT2D eigenvalue weighted by atomic mass is 19.1. The van der Waals surface area contributed by atoms with Gasteiger partial charge in [-0.2, -0.15) is 0 Å². The van der Waals surface area contributed by atoms with Crippen LogP contribution in [0.5, 0.6) is 5.75 Å². The number of halogens is 1. The van der Waals surface area contributed by atoms with Crippen molar-refractivity contribution in [1.29, 1.82) is 0 Å². The summed E-state index contributed by atoms with van der Waals surface area (Å²) in [4.78, 5) is 17.0. The molecule has 0 saturated heterocycles. The van der Waals surface area contributed by atoms with Crippen molar-refractivity contribution in [2.45, 2.75) is 6.54 Å². The molecule has 0 atom stereocenters. The largest absolute Gasteiger partial charge is 0.497 e. The van der Waals surface area contributed by atoms with Gasteiger partial charge in [-0.25, -0.2) is 9.38 Å². The second-order valence-corrected chi connectivity index (χ2v) is 7.62. The van der Waals surface area contributed by atoms with Crippen molar-refractivity contribution in [2.75, 3.05) is 12.4 Å². The van der Waals surface area contributed by atoms with Gasteiger partial charge >= 0.3 is 0 Å². The molecule has 0 saturated carbocycles. The standard InChI is InChI=1S/C26H21FN4O2/c1-33-20-12-10-19(11-13-20)28-26-29-23(25(32)30-26)14-18-16-31(24-9-5-3-7-21(18)24)15-17-6-2-4-8-22(17)27/h2-14,16H,15H2,1H3,(H2,28,29,30,32)/b23-14+. The van der Waals surface area contributed by atoms with Crippen LogP contribution in [0.3, 0.4) is 0 Å². The number of aromatic nitrogens is 1. The Labute approximate surface area is 190 Å². The lowest BCUT2D eigenvalue weighted by Gasteiger charge is -2.06. The molecule has 2 heterocycles. The highest BCUT2D eigenvalue weighted by Crippen LogP contribution is 2.26. The van der Waals surface area contributed by atoms with Crippen LogP contribution in [0.15, 0.2) is 89.7 Å². The Balaban J connectivity index is 1.45. The van der Waals surface area contributed by atoms with E-state index in [4.69, 9.17) is 4.74 Å². The van der Waals surface area contributed by atoms with Gasteiger partial charge in [0.25, 0.3) is 5.91 Å². The fraction of sp³-hybridized carbons (Fsp3) is 0.0769. The van der Waals surface area contributed by atoms with Gasteiger partial charge in [-0.15, -0.1) is 0 Å². The normalized spacial score (nSPS) is 14.4. The average molecular weight is 440 g/mol. The van der Waals surface area contributed by atoms with Gasteiger partial charge in [0, 0.05) is 33.9 Å². The summed E-state index contributed by atoms with van der Waals surface area (Å²) in [5.41, 5.74) is 3.45. The van der Waals surface area contributed by atoms with Crippen LogP contribution in [0, 0.1) is 5.82 Å². The molecule has 4 aromatic rings. The van der Waals surface area contributed by atoms with Crippen molar-refractivity contribution in [3.63, 3.8) is 0 Å². The summed E-state index contributed by atoms with van der Waals surface area (Å²) >= 11 is 0. The van der Waals surface area contributed by atoms with E-state index in [0.29, 0.717) is 23.8 Å². The van der Waals surface area contributed by atoms with E-state index in [1.165, 1.54) is 6.07 Å². The van der Waals surface area contributed by atoms with Crippen molar-refractivity contribution >= 4 is 34.5 Å². The van der Waals surface area contributed by atoms with Gasteiger partial charge in [0.2, 0.25) is 5.96 Å². The monoisotopic (exact) mass is 440 g/mol. The van der Waals surface area contributed by atoms with Gasteiger partial charge in [0.05, 0.1) is 13.7 Å². The van der Waals surface area contributed by atoms with Crippen LogP contribution in [0.4, 0.5) is 10.1 Å². The zero-order valence-electron chi connectivity index (χ0n) is 17.9. The van der Waals surface area contributed by atoms with Crippen molar-refractivity contribution < 1.29 is 13.9 Å². The van der Waals surface area contributed by atoms with E-state index in [1.54, 1.807) is 25.3 Å². The zero-order valence-corrected chi connectivity index (χ0v) is 17.9. The van der Waals surface area contributed by atoms with Gasteiger partial charge in [-0.05, 0) is 42.5 Å². The van der Waals surface area contributed by atoms with Gasteiger partial charge in [0.15, 0.2) is 0 Å². The predicted molar refractivity (Wildman–Crippen MR) is 128 cm³/mol. The number of methoxy groups -OCH3 is 1. The van der Waals surface area contributed by atoms with Crippen molar-refractivity contribution in [1.82, 2.24) is 9.88 Å². The van der Waals surface area contributed by atoms with Crippen LogP contribution < -0.4 is 15.4 Å². The number of guanidine groups is 1. The summed E-state index contributed by atoms with van der Waals surface area (Å²) in [6.07, 6.45) is 3.67. The quantitative estimate of drug-likeness (QED) is 0.439. The van der Waals surface area contributed by atoms with Gasteiger partial charge in [0.1, 0.15) is 17.3 Å². The number of para-hydroxylation sites is 1. The molecule has 0 radical (unpaired) electrons. The minimum Gasteiger partial charge on any atom is -0.497 e. The number of amides is 1. The van der Waals surface area contributed by atoms with Gasteiger partial charge in [-0.1, -0.05) is 36.4 Å². The Morgan fingerprint density at radius 1 is 1.06 bits per heavy atom. The Bertz CT molecular complexity index is 1400. The lowest BCUT2D eigenvalue weighted by Crippen LogP contribution is -2.29. The molecule has 2 N–H and O–H groups in total. The summed E-state index contributed by atoms with van der Waals surface area (Å²) in [5, 5.41) is 6.80. The topological polar surface area (TPSA) is 67.6 Å². The molecule has 0 spiro atoms. The van der Waals surface area contributed by atoms with Gasteiger partial charge < -0.3 is 14.6 Å². The molecule has 1 aromatic heterocycles. The van der Waals surface area contributed by atoms with Crippen LogP contribution in [-0.4, -0.2) is 23.5 Å². The van der Waals surface area contributed by atoms with Crippen molar-refractivity contribution in [3.8, 4) is 5.75 Å². The number of benzene rings is 3. The zero-order chi connectivity index (χ0) is 22.8. The van der Waals surface area contributed by atoms with E-state index in [-0.39, 0.29) is 11.7 Å². The van der Waals surface area contributed by atoms with Crippen molar-refractivity contribution in [3.05, 3.63) is 102 Å². The molecule has 7 heteroatoms. The molecule has 0 aliphatic carbocycles. The average Bonchev–Trinajstić information content (AvgIpc) is 3.35. The Morgan fingerprint density at radius 2 is 1.82 bits per heavy atom. The first-order valence-electron chi connectivity index (χ1n) is 10.4. The second-order valence-electron chi connectivity index (χ2n) is 7.62. The first-order chi connectivity index (χ1) is 16.1. The Hall–Kier alpha value is -4.39. The molecule has 1 aliphatic rings. The van der Waals surface area contributed by atoms with Crippen LogP contribution in [0.2, 0.25) is 0 Å². The number of fused-ring (bicyclic) bond motifs is 1. The SMILES string of the molecule is COc1ccc(NC2=N/C(=C/c3cn(Cc4ccccc4F)c4ccccc34)C(=O)N2)cc1. The van der Waals surface area contributed by atoms with E-state index < -0.39 is 0 Å². The Kier molecular flexibility index (Phi) is 5.36. The molecule has 5 rings (SSSR count). The molecule has 0 unspecified atom stereocenters. The molecule has 0 fully saturated rings. The van der Waals surface area contributed by atoms with Crippen LogP contribution in [0.1, 0.15) is 11.1 Å². The molecule has 164 valence electrons. The maximum absolute atomic E-state index is 14.2. The number of anilines is 1. The number of hydrogen-bond acceptors (Lipinski definition) is 4. The number of nitrogens with zero attached hydrogens (tertiary/aromatic N) is 2. The molecule has 0 bridgehead atoms. The number of carbonyl (C=O) groups excluding carboxylic acids is 1. The molecule has 33 heavy (non-hydrogen) atoms. The van der Waals surface area contributed by atoms with Crippen LogP contribution >= 0.6 is 0 Å². The summed E-state index contributed by atoms with van der Waals surface area (Å²) in [6, 6.07) is 21.9. The maximum Gasteiger partial charge on any atom is 0.276 e. The number of nitrogens with one attached hydrogen (secondary N) is 2.